The van der Waals surface area contributed by atoms with Crippen LogP contribution in [-0.4, -0.2) is 13.7 Å². The molecule has 0 aliphatic heterocycles. The van der Waals surface area contributed by atoms with Crippen molar-refractivity contribution in [2.75, 3.05) is 0 Å². The monoisotopic (exact) mass is 179 g/mol. The fourth-order valence-electron chi connectivity index (χ4n) is 0.499. The zero-order valence-corrected chi connectivity index (χ0v) is 5.94. The van der Waals surface area contributed by atoms with Crippen LogP contribution in [-0.2, 0) is 11.1 Å². The smallest absolute Gasteiger partial charge is 0.248 e. The highest BCUT2D eigenvalue weighted by Crippen LogP contribution is 2.07. The number of halogens is 2. The first-order valence-electron chi connectivity index (χ1n) is 2.53. The van der Waals surface area contributed by atoms with Gasteiger partial charge in [0, 0.05) is 6.20 Å². The largest absolute Gasteiger partial charge is 0.302 e. The van der Waals surface area contributed by atoms with E-state index in [1.54, 1.807) is 0 Å². The first kappa shape index (κ1) is 8.22. The molecule has 3 nitrogen and oxygen atoms in total. The summed E-state index contributed by atoms with van der Waals surface area (Å²) in [5, 5.41) is 0. The fourth-order valence-corrected chi connectivity index (χ4v) is 0.846. The van der Waals surface area contributed by atoms with Crippen LogP contribution in [0.15, 0.2) is 17.2 Å². The van der Waals surface area contributed by atoms with Gasteiger partial charge in [-0.25, -0.2) is 13.6 Å². The maximum absolute atomic E-state index is 12.3. The lowest BCUT2D eigenvalue weighted by atomic mass is 10.5. The Bertz CT molecular complexity index is 305. The minimum absolute atomic E-state index is 0.260. The molecule has 0 radical (unpaired) electrons. The van der Waals surface area contributed by atoms with Gasteiger partial charge in [0.1, 0.15) is 0 Å². The normalized spacial score (nSPS) is 13.0. The van der Waals surface area contributed by atoms with Gasteiger partial charge in [0.05, 0.1) is 4.90 Å². The van der Waals surface area contributed by atoms with E-state index in [9.17, 15) is 13.0 Å². The van der Waals surface area contributed by atoms with E-state index in [0.717, 1.165) is 6.20 Å². The summed E-state index contributed by atoms with van der Waals surface area (Å²) in [4.78, 5) is 2.64. The molecule has 11 heavy (non-hydrogen) atoms. The van der Waals surface area contributed by atoms with Crippen molar-refractivity contribution in [2.45, 2.75) is 4.90 Å². The van der Waals surface area contributed by atoms with E-state index in [1.165, 1.54) is 0 Å². The zero-order chi connectivity index (χ0) is 8.43. The van der Waals surface area contributed by atoms with Crippen LogP contribution < -0.4 is 0 Å². The summed E-state index contributed by atoms with van der Waals surface area (Å²) in [6.45, 7) is 0. The molecular formula is C5H3F2NO2S. The minimum Gasteiger partial charge on any atom is -0.302 e. The van der Waals surface area contributed by atoms with E-state index < -0.39 is 22.8 Å². The Morgan fingerprint density at radius 1 is 1.55 bits per heavy atom. The van der Waals surface area contributed by atoms with Crippen LogP contribution in [0.3, 0.4) is 0 Å². The summed E-state index contributed by atoms with van der Waals surface area (Å²) < 4.78 is 43.0. The molecule has 1 unspecified atom stereocenters. The summed E-state index contributed by atoms with van der Waals surface area (Å²) >= 11 is -2.32. The van der Waals surface area contributed by atoms with E-state index in [0.29, 0.717) is 6.07 Å². The van der Waals surface area contributed by atoms with Crippen molar-refractivity contribution in [3.63, 3.8) is 0 Å². The SMILES string of the molecule is O=S(O)c1cnc(F)c(F)c1. The molecule has 60 valence electrons. The third kappa shape index (κ3) is 1.78. The second-order valence-electron chi connectivity index (χ2n) is 1.69. The first-order chi connectivity index (χ1) is 5.11. The summed E-state index contributed by atoms with van der Waals surface area (Å²) in [5.41, 5.74) is 0. The molecule has 0 fully saturated rings. The van der Waals surface area contributed by atoms with Crippen LogP contribution in [0.25, 0.3) is 0 Å². The Morgan fingerprint density at radius 3 is 2.64 bits per heavy atom. The average molecular weight is 179 g/mol. The van der Waals surface area contributed by atoms with Crippen LogP contribution in [0, 0.1) is 11.8 Å². The molecule has 1 atom stereocenters. The Hall–Kier alpha value is -0.880. The molecule has 1 aromatic heterocycles. The molecule has 0 bridgehead atoms. The highest BCUT2D eigenvalue weighted by Gasteiger charge is 2.06. The lowest BCUT2D eigenvalue weighted by molar-refractivity contribution is 0.473. The number of pyridine rings is 1. The van der Waals surface area contributed by atoms with Crippen molar-refractivity contribution in [1.29, 1.82) is 0 Å². The first-order valence-corrected chi connectivity index (χ1v) is 3.64. The predicted molar refractivity (Wildman–Crippen MR) is 33.2 cm³/mol. The highest BCUT2D eigenvalue weighted by molar-refractivity contribution is 7.79. The molecule has 0 saturated carbocycles. The van der Waals surface area contributed by atoms with E-state index in [4.69, 9.17) is 4.55 Å². The topological polar surface area (TPSA) is 50.2 Å². The van der Waals surface area contributed by atoms with Crippen LogP contribution >= 0.6 is 0 Å². The van der Waals surface area contributed by atoms with Crippen LogP contribution in [0.5, 0.6) is 0 Å². The fraction of sp³-hybridized carbons (Fsp3) is 0. The highest BCUT2D eigenvalue weighted by atomic mass is 32.2. The van der Waals surface area contributed by atoms with Gasteiger partial charge in [-0.05, 0) is 6.07 Å². The van der Waals surface area contributed by atoms with Crippen molar-refractivity contribution in [3.8, 4) is 0 Å². The maximum Gasteiger partial charge on any atom is 0.248 e. The average Bonchev–Trinajstić information content (AvgIpc) is 1.94. The van der Waals surface area contributed by atoms with Gasteiger partial charge in [-0.2, -0.15) is 4.39 Å². The zero-order valence-electron chi connectivity index (χ0n) is 5.12. The number of aromatic nitrogens is 1. The van der Waals surface area contributed by atoms with Gasteiger partial charge in [-0.15, -0.1) is 0 Å². The molecule has 0 aromatic carbocycles. The van der Waals surface area contributed by atoms with E-state index in [1.807, 2.05) is 0 Å². The Morgan fingerprint density at radius 2 is 2.18 bits per heavy atom. The van der Waals surface area contributed by atoms with Gasteiger partial charge < -0.3 is 4.55 Å². The van der Waals surface area contributed by atoms with Crippen LogP contribution in [0.4, 0.5) is 8.78 Å². The minimum atomic E-state index is -2.32. The van der Waals surface area contributed by atoms with Gasteiger partial charge in [-0.3, -0.25) is 0 Å². The number of rotatable bonds is 1. The standard InChI is InChI=1S/C5H3F2NO2S/c6-4-1-3(11(9)10)2-8-5(4)7/h1-2H,(H,9,10). The molecule has 0 aliphatic rings. The number of hydrogen-bond donors (Lipinski definition) is 1. The molecule has 1 aromatic rings. The van der Waals surface area contributed by atoms with Crippen molar-refractivity contribution in [2.24, 2.45) is 0 Å². The van der Waals surface area contributed by atoms with Crippen LogP contribution in [0.2, 0.25) is 0 Å². The molecule has 1 heterocycles. The van der Waals surface area contributed by atoms with Gasteiger partial charge >= 0.3 is 0 Å². The van der Waals surface area contributed by atoms with Crippen molar-refractivity contribution < 1.29 is 17.5 Å². The predicted octanol–water partition coefficient (Wildman–Crippen LogP) is 0.940. The van der Waals surface area contributed by atoms with Gasteiger partial charge in [0.15, 0.2) is 16.9 Å². The van der Waals surface area contributed by atoms with Crippen molar-refractivity contribution >= 4 is 11.1 Å². The van der Waals surface area contributed by atoms with Gasteiger partial charge in [-0.1, -0.05) is 0 Å². The summed E-state index contributed by atoms with van der Waals surface area (Å²) in [6.07, 6.45) is 0.800. The van der Waals surface area contributed by atoms with Crippen molar-refractivity contribution in [3.05, 3.63) is 24.0 Å². The molecule has 0 spiro atoms. The second kappa shape index (κ2) is 3.02. The maximum atomic E-state index is 12.3. The quantitative estimate of drug-likeness (QED) is 0.515. The number of hydrogen-bond acceptors (Lipinski definition) is 2. The van der Waals surface area contributed by atoms with E-state index >= 15 is 0 Å². The van der Waals surface area contributed by atoms with Gasteiger partial charge in [0.2, 0.25) is 5.95 Å². The van der Waals surface area contributed by atoms with Gasteiger partial charge in [0.25, 0.3) is 0 Å². The van der Waals surface area contributed by atoms with Crippen molar-refractivity contribution in [1.82, 2.24) is 4.98 Å². The number of nitrogens with zero attached hydrogens (tertiary/aromatic N) is 1. The summed E-state index contributed by atoms with van der Waals surface area (Å²) in [6, 6.07) is 0.623. The molecular weight excluding hydrogens is 176 g/mol. The third-order valence-electron chi connectivity index (χ3n) is 0.973. The molecule has 1 N–H and O–H groups in total. The molecule has 6 heteroatoms. The van der Waals surface area contributed by atoms with E-state index in [2.05, 4.69) is 4.98 Å². The van der Waals surface area contributed by atoms with E-state index in [-0.39, 0.29) is 4.90 Å². The lowest BCUT2D eigenvalue weighted by Crippen LogP contribution is -1.94. The molecule has 0 aliphatic carbocycles. The Labute approximate surface area is 63.4 Å². The molecule has 0 saturated heterocycles. The summed E-state index contributed by atoms with van der Waals surface area (Å²) in [7, 11) is 0. The van der Waals surface area contributed by atoms with Crippen LogP contribution in [0.1, 0.15) is 0 Å². The third-order valence-corrected chi connectivity index (χ3v) is 1.60. The molecule has 1 rings (SSSR count). The Kier molecular flexibility index (Phi) is 2.25. The molecule has 0 amide bonds. The second-order valence-corrected chi connectivity index (χ2v) is 2.66. The lowest BCUT2D eigenvalue weighted by Gasteiger charge is -1.93. The summed E-state index contributed by atoms with van der Waals surface area (Å²) in [5.74, 6) is -2.51. The Balaban J connectivity index is 3.15.